The molecule has 0 fully saturated rings. The van der Waals surface area contributed by atoms with Crippen LogP contribution in [0.2, 0.25) is 5.02 Å². The fraction of sp³-hybridized carbons (Fsp3) is 0.0714. The summed E-state index contributed by atoms with van der Waals surface area (Å²) in [6.45, 7) is 0. The molecular formula is C28H23ClN5O3S+. The van der Waals surface area contributed by atoms with Crippen LogP contribution < -0.4 is 14.7 Å². The summed E-state index contributed by atoms with van der Waals surface area (Å²) >= 11 is 7.36. The molecule has 0 saturated heterocycles. The van der Waals surface area contributed by atoms with E-state index in [0.717, 1.165) is 33.6 Å². The number of hydrogen-bond donors (Lipinski definition) is 3. The van der Waals surface area contributed by atoms with Crippen molar-refractivity contribution < 1.29 is 19.2 Å². The quantitative estimate of drug-likeness (QED) is 0.109. The number of methoxy groups -OCH3 is 1. The van der Waals surface area contributed by atoms with Gasteiger partial charge in [-0.3, -0.25) is 4.79 Å². The monoisotopic (exact) mass is 544 g/mol. The molecule has 190 valence electrons. The molecule has 10 heteroatoms. The van der Waals surface area contributed by atoms with E-state index in [1.807, 2.05) is 71.3 Å². The maximum absolute atomic E-state index is 12.6. The van der Waals surface area contributed by atoms with Crippen LogP contribution in [0.3, 0.4) is 0 Å². The van der Waals surface area contributed by atoms with Crippen molar-refractivity contribution in [2.45, 2.75) is 5.16 Å². The number of halogens is 1. The predicted molar refractivity (Wildman–Crippen MR) is 149 cm³/mol. The van der Waals surface area contributed by atoms with Crippen LogP contribution in [-0.4, -0.2) is 40.3 Å². The Morgan fingerprint density at radius 1 is 1.11 bits per heavy atom. The number of ether oxygens (including phenoxy) is 1. The fourth-order valence-corrected chi connectivity index (χ4v) is 4.80. The van der Waals surface area contributed by atoms with Crippen LogP contribution in [0.5, 0.6) is 11.5 Å². The molecule has 8 nitrogen and oxygen atoms in total. The molecule has 3 N–H and O–H groups in total. The number of carbonyl (C=O) groups is 1. The van der Waals surface area contributed by atoms with Crippen LogP contribution in [0.15, 0.2) is 95.2 Å². The second kappa shape index (κ2) is 11.4. The number of H-pyrrole nitrogens is 1. The van der Waals surface area contributed by atoms with Gasteiger partial charge >= 0.3 is 5.16 Å². The second-order valence-electron chi connectivity index (χ2n) is 8.20. The number of amides is 1. The first-order chi connectivity index (χ1) is 18.5. The normalized spacial score (nSPS) is 11.2. The van der Waals surface area contributed by atoms with Gasteiger partial charge < -0.3 is 9.84 Å². The van der Waals surface area contributed by atoms with Crippen molar-refractivity contribution in [2.75, 3.05) is 12.9 Å². The molecule has 38 heavy (non-hydrogen) atoms. The number of hydrogen-bond acceptors (Lipinski definition) is 6. The molecule has 0 bridgehead atoms. The highest BCUT2D eigenvalue weighted by atomic mass is 35.5. The van der Waals surface area contributed by atoms with E-state index in [4.69, 9.17) is 16.3 Å². The van der Waals surface area contributed by atoms with E-state index in [-0.39, 0.29) is 17.4 Å². The molecule has 1 heterocycles. The van der Waals surface area contributed by atoms with Crippen molar-refractivity contribution in [1.82, 2.24) is 15.6 Å². The highest BCUT2D eigenvalue weighted by molar-refractivity contribution is 7.99. The number of fused-ring (bicyclic) bond motifs is 1. The Balaban J connectivity index is 1.34. The van der Waals surface area contributed by atoms with Gasteiger partial charge in [0.2, 0.25) is 0 Å². The van der Waals surface area contributed by atoms with Gasteiger partial charge in [0.1, 0.15) is 17.2 Å². The molecule has 4 aromatic carbocycles. The number of hydrazone groups is 1. The lowest BCUT2D eigenvalue weighted by molar-refractivity contribution is -0.625. The van der Waals surface area contributed by atoms with E-state index >= 15 is 0 Å². The van der Waals surface area contributed by atoms with E-state index in [2.05, 4.69) is 20.7 Å². The lowest BCUT2D eigenvalue weighted by atomic mass is 10.0. The molecule has 0 aliphatic rings. The first kappa shape index (κ1) is 25.3. The lowest BCUT2D eigenvalue weighted by Gasteiger charge is -2.06. The summed E-state index contributed by atoms with van der Waals surface area (Å²) in [7, 11) is 1.62. The summed E-state index contributed by atoms with van der Waals surface area (Å²) in [5, 5.41) is 24.9. The number of benzene rings is 4. The summed E-state index contributed by atoms with van der Waals surface area (Å²) in [5.41, 5.74) is 4.79. The first-order valence-electron chi connectivity index (χ1n) is 11.6. The number of nitrogens with one attached hydrogen (secondary N) is 2. The van der Waals surface area contributed by atoms with Gasteiger partial charge in [-0.2, -0.15) is 9.67 Å². The molecule has 5 rings (SSSR count). The third-order valence-electron chi connectivity index (χ3n) is 5.78. The number of aromatic nitrogens is 3. The van der Waals surface area contributed by atoms with Crippen molar-refractivity contribution >= 4 is 46.3 Å². The predicted octanol–water partition coefficient (Wildman–Crippen LogP) is 5.12. The SMILES string of the molecule is COc1ccc(-c2[nH]nc(SCC(=O)NN=Cc3c(O)ccc4ccccc34)[n+]2-c2ccc(Cl)cc2)cc1. The van der Waals surface area contributed by atoms with Gasteiger partial charge in [0, 0.05) is 10.6 Å². The average Bonchev–Trinajstić information content (AvgIpc) is 3.37. The number of aromatic amines is 1. The molecule has 0 spiro atoms. The van der Waals surface area contributed by atoms with Gasteiger partial charge in [-0.1, -0.05) is 41.9 Å². The van der Waals surface area contributed by atoms with E-state index in [9.17, 15) is 9.90 Å². The number of phenolic OH excluding ortho intramolecular Hbond substituents is 1. The zero-order valence-corrected chi connectivity index (χ0v) is 21.8. The zero-order chi connectivity index (χ0) is 26.5. The molecule has 0 unspecified atom stereocenters. The van der Waals surface area contributed by atoms with Crippen LogP contribution in [0.1, 0.15) is 5.56 Å². The highest BCUT2D eigenvalue weighted by Crippen LogP contribution is 2.26. The summed E-state index contributed by atoms with van der Waals surface area (Å²) < 4.78 is 7.19. The molecular weight excluding hydrogens is 522 g/mol. The Bertz CT molecular complexity index is 1620. The van der Waals surface area contributed by atoms with Gasteiger partial charge in [-0.15, -0.1) is 5.10 Å². The van der Waals surface area contributed by atoms with E-state index in [1.165, 1.54) is 18.0 Å². The third-order valence-corrected chi connectivity index (χ3v) is 6.97. The molecule has 0 atom stereocenters. The van der Waals surface area contributed by atoms with Crippen LogP contribution in [-0.2, 0) is 4.79 Å². The summed E-state index contributed by atoms with van der Waals surface area (Å²) in [4.78, 5) is 12.6. The van der Waals surface area contributed by atoms with Crippen LogP contribution in [0.4, 0.5) is 0 Å². The minimum Gasteiger partial charge on any atom is -0.507 e. The Hall–Kier alpha value is -4.34. The molecule has 0 saturated carbocycles. The van der Waals surface area contributed by atoms with Crippen LogP contribution in [0, 0.1) is 0 Å². The second-order valence-corrected chi connectivity index (χ2v) is 9.58. The average molecular weight is 545 g/mol. The fourth-order valence-electron chi connectivity index (χ4n) is 3.92. The number of phenols is 1. The summed E-state index contributed by atoms with van der Waals surface area (Å²) in [6, 6.07) is 26.0. The molecule has 5 aromatic rings. The minimum absolute atomic E-state index is 0.0688. The standard InChI is InChI=1S/C28H22ClN5O3S/c1-37-22-13-6-19(7-14-22)27-32-33-28(34(27)21-11-9-20(29)10-12-21)38-17-26(36)31-30-16-24-23-5-3-2-4-18(23)8-15-25(24)35/h2-16H,17H2,1H3,(H2,30,31,35,36)/p+1. The number of rotatable bonds is 8. The molecule has 1 amide bonds. The number of aromatic hydroxyl groups is 1. The largest absolute Gasteiger partial charge is 0.507 e. The van der Waals surface area contributed by atoms with Gasteiger partial charge in [0.25, 0.3) is 11.7 Å². The molecule has 1 aromatic heterocycles. The van der Waals surface area contributed by atoms with Gasteiger partial charge in [-0.25, -0.2) is 5.43 Å². The summed E-state index contributed by atoms with van der Waals surface area (Å²) in [5.74, 6) is 1.32. The Kier molecular flexibility index (Phi) is 7.57. The van der Waals surface area contributed by atoms with Crippen LogP contribution in [0.25, 0.3) is 27.8 Å². The van der Waals surface area contributed by atoms with E-state index < -0.39 is 0 Å². The Morgan fingerprint density at radius 3 is 2.63 bits per heavy atom. The van der Waals surface area contributed by atoms with Gasteiger partial charge in [-0.05, 0) is 77.1 Å². The zero-order valence-electron chi connectivity index (χ0n) is 20.3. The van der Waals surface area contributed by atoms with Crippen molar-refractivity contribution in [2.24, 2.45) is 5.10 Å². The Morgan fingerprint density at radius 2 is 1.87 bits per heavy atom. The Labute approximate surface area is 227 Å². The first-order valence-corrected chi connectivity index (χ1v) is 13.0. The van der Waals surface area contributed by atoms with Crippen LogP contribution >= 0.6 is 23.4 Å². The van der Waals surface area contributed by atoms with Gasteiger partial charge in [0.15, 0.2) is 0 Å². The van der Waals surface area contributed by atoms with E-state index in [0.29, 0.717) is 15.7 Å². The minimum atomic E-state index is -0.317. The van der Waals surface area contributed by atoms with Crippen molar-refractivity contribution in [3.05, 3.63) is 95.5 Å². The lowest BCUT2D eigenvalue weighted by Crippen LogP contribution is -2.34. The van der Waals surface area contributed by atoms with Crippen molar-refractivity contribution in [3.63, 3.8) is 0 Å². The number of nitrogens with zero attached hydrogens (tertiary/aromatic N) is 3. The third kappa shape index (κ3) is 5.49. The van der Waals surface area contributed by atoms with Gasteiger partial charge in [0.05, 0.1) is 29.7 Å². The maximum Gasteiger partial charge on any atom is 0.342 e. The molecule has 0 radical (unpaired) electrons. The topological polar surface area (TPSA) is 103 Å². The smallest absolute Gasteiger partial charge is 0.342 e. The maximum atomic E-state index is 12.6. The van der Waals surface area contributed by atoms with Crippen molar-refractivity contribution in [1.29, 1.82) is 0 Å². The van der Waals surface area contributed by atoms with E-state index in [1.54, 1.807) is 25.3 Å². The number of carbonyl (C=O) groups excluding carboxylic acids is 1. The molecule has 0 aliphatic heterocycles. The number of thioether (sulfide) groups is 1. The summed E-state index contributed by atoms with van der Waals surface area (Å²) in [6.07, 6.45) is 1.45. The molecule has 0 aliphatic carbocycles. The highest BCUT2D eigenvalue weighted by Gasteiger charge is 2.24. The van der Waals surface area contributed by atoms with Crippen molar-refractivity contribution in [3.8, 4) is 28.6 Å².